The highest BCUT2D eigenvalue weighted by Crippen LogP contribution is 2.39. The number of hydrogen-bond acceptors (Lipinski definition) is 3. The highest BCUT2D eigenvalue weighted by molar-refractivity contribution is 7.10. The Hall–Kier alpha value is -2.14. The topological polar surface area (TPSA) is 40.6 Å². The molecular formula is C24H30N2O2S. The number of carbonyl (C=O) groups is 2. The third kappa shape index (κ3) is 3.85. The van der Waals surface area contributed by atoms with Crippen molar-refractivity contribution in [2.24, 2.45) is 5.92 Å². The maximum Gasteiger partial charge on any atom is 0.243 e. The van der Waals surface area contributed by atoms with Crippen LogP contribution in [0.2, 0.25) is 0 Å². The van der Waals surface area contributed by atoms with Crippen LogP contribution in [0.25, 0.3) is 0 Å². The Kier molecular flexibility index (Phi) is 5.77. The summed E-state index contributed by atoms with van der Waals surface area (Å²) in [4.78, 5) is 31.6. The molecule has 1 aliphatic heterocycles. The second-order valence-corrected chi connectivity index (χ2v) is 9.58. The second-order valence-electron chi connectivity index (χ2n) is 8.58. The van der Waals surface area contributed by atoms with E-state index in [1.54, 1.807) is 16.2 Å². The van der Waals surface area contributed by atoms with E-state index in [0.29, 0.717) is 6.54 Å². The summed E-state index contributed by atoms with van der Waals surface area (Å²) in [5, 5.41) is 2.13. The summed E-state index contributed by atoms with van der Waals surface area (Å²) in [7, 11) is 0. The van der Waals surface area contributed by atoms with Gasteiger partial charge in [-0.15, -0.1) is 11.3 Å². The van der Waals surface area contributed by atoms with Gasteiger partial charge >= 0.3 is 0 Å². The minimum absolute atomic E-state index is 0.0328. The molecule has 2 aromatic rings. The number of fused-ring (bicyclic) bond motifs is 1. The number of hydrogen-bond donors (Lipinski definition) is 0. The molecule has 1 fully saturated rings. The zero-order valence-electron chi connectivity index (χ0n) is 17.6. The number of carbonyl (C=O) groups excluding carboxylic acids is 2. The molecule has 1 aromatic carbocycles. The molecule has 0 N–H and O–H groups in total. The molecule has 5 heteroatoms. The summed E-state index contributed by atoms with van der Waals surface area (Å²) >= 11 is 1.78. The number of thiophene rings is 1. The summed E-state index contributed by atoms with van der Waals surface area (Å²) < 4.78 is 0. The summed E-state index contributed by atoms with van der Waals surface area (Å²) in [6.45, 7) is 7.01. The SMILES string of the molecule is Cc1ccccc1C1c2ccsc2CCN1C(=O)CN(C(=O)C1CCC1)C(C)C. The van der Waals surface area contributed by atoms with Gasteiger partial charge in [0.15, 0.2) is 0 Å². The highest BCUT2D eigenvalue weighted by Gasteiger charge is 2.36. The first kappa shape index (κ1) is 20.1. The number of amides is 2. The Balaban J connectivity index is 1.62. The summed E-state index contributed by atoms with van der Waals surface area (Å²) in [5.74, 6) is 0.318. The number of rotatable bonds is 5. The van der Waals surface area contributed by atoms with Crippen LogP contribution in [0.4, 0.5) is 0 Å². The monoisotopic (exact) mass is 410 g/mol. The first-order chi connectivity index (χ1) is 14.0. The van der Waals surface area contributed by atoms with Gasteiger partial charge in [-0.2, -0.15) is 0 Å². The molecule has 0 saturated heterocycles. The third-order valence-electron chi connectivity index (χ3n) is 6.44. The fraction of sp³-hybridized carbons (Fsp3) is 0.500. The first-order valence-corrected chi connectivity index (χ1v) is 11.6. The molecule has 1 saturated carbocycles. The normalized spacial score (nSPS) is 19.0. The standard InChI is InChI=1S/C24H30N2O2S/c1-16(2)26(24(28)18-8-6-9-18)15-22(27)25-13-11-21-20(12-14-29-21)23(25)19-10-5-4-7-17(19)3/h4-5,7,10,12,14,16,18,23H,6,8-9,11,13,15H2,1-3H3. The van der Waals surface area contributed by atoms with Gasteiger partial charge in [0.1, 0.15) is 6.54 Å². The molecule has 0 spiro atoms. The molecule has 154 valence electrons. The number of benzene rings is 1. The van der Waals surface area contributed by atoms with Crippen molar-refractivity contribution >= 4 is 23.2 Å². The fourth-order valence-corrected chi connectivity index (χ4v) is 5.36. The maximum atomic E-state index is 13.5. The van der Waals surface area contributed by atoms with E-state index in [9.17, 15) is 9.59 Å². The van der Waals surface area contributed by atoms with Crippen LogP contribution in [0.15, 0.2) is 35.7 Å². The summed E-state index contributed by atoms with van der Waals surface area (Å²) in [6.07, 6.45) is 3.94. The first-order valence-electron chi connectivity index (χ1n) is 10.7. The van der Waals surface area contributed by atoms with Crippen molar-refractivity contribution in [1.29, 1.82) is 0 Å². The maximum absolute atomic E-state index is 13.5. The van der Waals surface area contributed by atoms with Crippen molar-refractivity contribution in [3.05, 3.63) is 57.3 Å². The Morgan fingerprint density at radius 2 is 1.93 bits per heavy atom. The van der Waals surface area contributed by atoms with Crippen molar-refractivity contribution in [3.8, 4) is 0 Å². The Morgan fingerprint density at radius 1 is 1.17 bits per heavy atom. The largest absolute Gasteiger partial charge is 0.331 e. The lowest BCUT2D eigenvalue weighted by Crippen LogP contribution is -2.50. The smallest absolute Gasteiger partial charge is 0.243 e. The van der Waals surface area contributed by atoms with Gasteiger partial charge in [0.25, 0.3) is 0 Å². The molecule has 1 aromatic heterocycles. The zero-order valence-corrected chi connectivity index (χ0v) is 18.4. The molecule has 1 unspecified atom stereocenters. The van der Waals surface area contributed by atoms with Gasteiger partial charge in [0.2, 0.25) is 11.8 Å². The van der Waals surface area contributed by atoms with Crippen LogP contribution in [-0.2, 0) is 16.0 Å². The molecule has 4 nitrogen and oxygen atoms in total. The van der Waals surface area contributed by atoms with E-state index in [1.165, 1.54) is 21.6 Å². The molecule has 2 amide bonds. The summed E-state index contributed by atoms with van der Waals surface area (Å²) in [6, 6.07) is 10.5. The molecule has 29 heavy (non-hydrogen) atoms. The van der Waals surface area contributed by atoms with Crippen LogP contribution < -0.4 is 0 Å². The Morgan fingerprint density at radius 3 is 2.59 bits per heavy atom. The Bertz CT molecular complexity index is 900. The zero-order chi connectivity index (χ0) is 20.5. The summed E-state index contributed by atoms with van der Waals surface area (Å²) in [5.41, 5.74) is 3.62. The van der Waals surface area contributed by atoms with Gasteiger partial charge in [0.05, 0.1) is 6.04 Å². The molecule has 2 aliphatic rings. The minimum atomic E-state index is -0.0634. The third-order valence-corrected chi connectivity index (χ3v) is 7.43. The predicted octanol–water partition coefficient (Wildman–Crippen LogP) is 4.57. The van der Waals surface area contributed by atoms with Gasteiger partial charge in [-0.25, -0.2) is 0 Å². The number of nitrogens with zero attached hydrogens (tertiary/aromatic N) is 2. The lowest BCUT2D eigenvalue weighted by molar-refractivity contribution is -0.147. The van der Waals surface area contributed by atoms with Crippen LogP contribution in [0.3, 0.4) is 0 Å². The van der Waals surface area contributed by atoms with Gasteiger partial charge < -0.3 is 9.80 Å². The lowest BCUT2D eigenvalue weighted by atomic mass is 9.84. The molecule has 0 bridgehead atoms. The van der Waals surface area contributed by atoms with Crippen molar-refractivity contribution in [3.63, 3.8) is 0 Å². The lowest BCUT2D eigenvalue weighted by Gasteiger charge is -2.40. The minimum Gasteiger partial charge on any atom is -0.331 e. The van der Waals surface area contributed by atoms with E-state index in [-0.39, 0.29) is 36.4 Å². The van der Waals surface area contributed by atoms with Crippen LogP contribution in [0.1, 0.15) is 60.7 Å². The average molecular weight is 411 g/mol. The molecular weight excluding hydrogens is 380 g/mol. The van der Waals surface area contributed by atoms with Crippen LogP contribution in [-0.4, -0.2) is 40.7 Å². The van der Waals surface area contributed by atoms with Crippen LogP contribution in [0, 0.1) is 12.8 Å². The fourth-order valence-electron chi connectivity index (χ4n) is 4.46. The molecule has 2 heterocycles. The molecule has 1 aliphatic carbocycles. The van der Waals surface area contributed by atoms with Gasteiger partial charge in [-0.3, -0.25) is 9.59 Å². The number of aryl methyl sites for hydroxylation is 1. The Labute approximate surface area is 177 Å². The van der Waals surface area contributed by atoms with E-state index >= 15 is 0 Å². The van der Waals surface area contributed by atoms with Crippen LogP contribution in [0.5, 0.6) is 0 Å². The predicted molar refractivity (Wildman–Crippen MR) is 117 cm³/mol. The van der Waals surface area contributed by atoms with E-state index in [1.807, 2.05) is 30.9 Å². The molecule has 1 atom stereocenters. The van der Waals surface area contributed by atoms with Crippen molar-refractivity contribution in [2.75, 3.05) is 13.1 Å². The van der Waals surface area contributed by atoms with Crippen molar-refractivity contribution in [2.45, 2.75) is 58.5 Å². The molecule has 0 radical (unpaired) electrons. The molecule has 4 rings (SSSR count). The highest BCUT2D eigenvalue weighted by atomic mass is 32.1. The van der Waals surface area contributed by atoms with Crippen LogP contribution >= 0.6 is 11.3 Å². The second kappa shape index (κ2) is 8.31. The van der Waals surface area contributed by atoms with E-state index in [0.717, 1.165) is 25.7 Å². The van der Waals surface area contributed by atoms with Gasteiger partial charge in [-0.05, 0) is 68.2 Å². The average Bonchev–Trinajstić information content (AvgIpc) is 3.12. The van der Waals surface area contributed by atoms with Gasteiger partial charge in [0, 0.05) is 23.4 Å². The van der Waals surface area contributed by atoms with E-state index in [4.69, 9.17) is 0 Å². The van der Waals surface area contributed by atoms with E-state index in [2.05, 4.69) is 30.5 Å². The van der Waals surface area contributed by atoms with E-state index < -0.39 is 0 Å². The van der Waals surface area contributed by atoms with Crippen molar-refractivity contribution in [1.82, 2.24) is 9.80 Å². The van der Waals surface area contributed by atoms with Gasteiger partial charge in [-0.1, -0.05) is 30.7 Å². The van der Waals surface area contributed by atoms with Crippen molar-refractivity contribution < 1.29 is 9.59 Å². The quantitative estimate of drug-likeness (QED) is 0.725.